The highest BCUT2D eigenvalue weighted by atomic mass is 32.1. The molecule has 0 aliphatic heterocycles. The van der Waals surface area contributed by atoms with E-state index in [1.54, 1.807) is 11.0 Å². The van der Waals surface area contributed by atoms with Crippen LogP contribution < -0.4 is 10.1 Å². The minimum atomic E-state index is -0.226. The average molecular weight is 419 g/mol. The number of nitrogens with one attached hydrogen (secondary N) is 1. The summed E-state index contributed by atoms with van der Waals surface area (Å²) in [5, 5.41) is 9.02. The Morgan fingerprint density at radius 1 is 1.07 bits per heavy atom. The van der Waals surface area contributed by atoms with Gasteiger partial charge in [-0.25, -0.2) is 9.67 Å². The lowest BCUT2D eigenvalue weighted by Gasteiger charge is -2.10. The Labute approximate surface area is 179 Å². The molecule has 0 bridgehead atoms. The van der Waals surface area contributed by atoms with Crippen molar-refractivity contribution in [3.63, 3.8) is 0 Å². The van der Waals surface area contributed by atoms with Crippen LogP contribution in [0.5, 0.6) is 5.75 Å². The van der Waals surface area contributed by atoms with Crippen molar-refractivity contribution >= 4 is 23.2 Å². The van der Waals surface area contributed by atoms with E-state index in [1.807, 2.05) is 73.8 Å². The first-order valence-corrected chi connectivity index (χ1v) is 10.5. The molecule has 7 heteroatoms. The number of para-hydroxylation sites is 1. The summed E-state index contributed by atoms with van der Waals surface area (Å²) in [7, 11) is 0. The van der Waals surface area contributed by atoms with Gasteiger partial charge in [0.05, 0.1) is 11.4 Å². The first kappa shape index (κ1) is 19.8. The maximum absolute atomic E-state index is 12.5. The van der Waals surface area contributed by atoms with Crippen molar-refractivity contribution in [3.8, 4) is 5.75 Å². The highest BCUT2D eigenvalue weighted by Crippen LogP contribution is 2.24. The van der Waals surface area contributed by atoms with Crippen LogP contribution in [0.4, 0.5) is 5.95 Å². The molecule has 2 aromatic heterocycles. The number of aromatic nitrogens is 3. The molecular weight excluding hydrogens is 396 g/mol. The molecule has 0 unspecified atom stereocenters. The summed E-state index contributed by atoms with van der Waals surface area (Å²) in [5.41, 5.74) is 4.27. The number of ether oxygens (including phenoxy) is 1. The summed E-state index contributed by atoms with van der Waals surface area (Å²) in [6.07, 6.45) is 1.61. The molecule has 4 aromatic rings. The van der Waals surface area contributed by atoms with Crippen LogP contribution in [0.2, 0.25) is 0 Å². The number of nitrogens with zero attached hydrogens (tertiary/aromatic N) is 3. The number of carbonyl (C=O) groups excluding carboxylic acids is 1. The number of hydrogen-bond donors (Lipinski definition) is 1. The third-order valence-corrected chi connectivity index (χ3v) is 5.60. The zero-order valence-electron chi connectivity index (χ0n) is 16.8. The van der Waals surface area contributed by atoms with Gasteiger partial charge in [0, 0.05) is 5.56 Å². The number of carbonyl (C=O) groups is 1. The smallest absolute Gasteiger partial charge is 0.268 e. The van der Waals surface area contributed by atoms with E-state index in [0.717, 1.165) is 28.0 Å². The topological polar surface area (TPSA) is 69.0 Å². The summed E-state index contributed by atoms with van der Waals surface area (Å²) >= 11 is 1.38. The molecule has 0 aliphatic carbocycles. The maximum Gasteiger partial charge on any atom is 0.268 e. The molecule has 1 N–H and O–H groups in total. The molecule has 0 saturated heterocycles. The fourth-order valence-electron chi connectivity index (χ4n) is 3.11. The van der Waals surface area contributed by atoms with E-state index in [-0.39, 0.29) is 11.9 Å². The number of anilines is 1. The van der Waals surface area contributed by atoms with Gasteiger partial charge < -0.3 is 4.74 Å². The van der Waals surface area contributed by atoms with Crippen LogP contribution >= 0.6 is 11.3 Å². The van der Waals surface area contributed by atoms with E-state index in [2.05, 4.69) is 15.4 Å². The molecule has 30 heavy (non-hydrogen) atoms. The van der Waals surface area contributed by atoms with E-state index >= 15 is 0 Å². The molecule has 0 aliphatic rings. The molecule has 152 valence electrons. The summed E-state index contributed by atoms with van der Waals surface area (Å²) < 4.78 is 7.67. The molecule has 1 amide bonds. The van der Waals surface area contributed by atoms with Gasteiger partial charge in [0.25, 0.3) is 5.91 Å². The Bertz CT molecular complexity index is 1130. The van der Waals surface area contributed by atoms with Gasteiger partial charge in [-0.05, 0) is 42.0 Å². The van der Waals surface area contributed by atoms with Gasteiger partial charge in [0.15, 0.2) is 0 Å². The monoisotopic (exact) mass is 418 g/mol. The minimum absolute atomic E-state index is 0.226. The zero-order chi connectivity index (χ0) is 20.9. The van der Waals surface area contributed by atoms with Crippen LogP contribution in [0, 0.1) is 13.8 Å². The summed E-state index contributed by atoms with van der Waals surface area (Å²) in [5.74, 6) is 0.955. The highest BCUT2D eigenvalue weighted by molar-refractivity contribution is 7.12. The fourth-order valence-corrected chi connectivity index (χ4v) is 3.91. The van der Waals surface area contributed by atoms with Crippen LogP contribution in [0.1, 0.15) is 31.9 Å². The van der Waals surface area contributed by atoms with Crippen LogP contribution in [0.15, 0.2) is 66.3 Å². The van der Waals surface area contributed by atoms with E-state index in [4.69, 9.17) is 4.74 Å². The first-order chi connectivity index (χ1) is 14.6. The Balaban J connectivity index is 1.35. The van der Waals surface area contributed by atoms with Crippen molar-refractivity contribution in [2.45, 2.75) is 27.0 Å². The number of thiophene rings is 1. The standard InChI is InChI=1S/C23H22N4O2S/c1-16-7-6-8-17(2)21(16)29-13-19-11-20(30-14-19)22(28)25-23-24-15-27(26-23)12-18-9-4-3-5-10-18/h3-11,14-15H,12-13H2,1-2H3,(H,25,26,28). The average Bonchev–Trinajstić information content (AvgIpc) is 3.38. The molecule has 0 atom stereocenters. The van der Waals surface area contributed by atoms with Gasteiger partial charge >= 0.3 is 0 Å². The van der Waals surface area contributed by atoms with Crippen molar-refractivity contribution in [1.82, 2.24) is 14.8 Å². The Kier molecular flexibility index (Phi) is 5.90. The van der Waals surface area contributed by atoms with Gasteiger partial charge in [0.1, 0.15) is 18.7 Å². The van der Waals surface area contributed by atoms with Gasteiger partial charge in [0.2, 0.25) is 5.95 Å². The lowest BCUT2D eigenvalue weighted by molar-refractivity contribution is 0.102. The lowest BCUT2D eigenvalue weighted by atomic mass is 10.1. The number of aryl methyl sites for hydroxylation is 2. The number of amides is 1. The predicted octanol–water partition coefficient (Wildman–Crippen LogP) is 4.84. The molecule has 0 radical (unpaired) electrons. The quantitative estimate of drug-likeness (QED) is 0.466. The van der Waals surface area contributed by atoms with Crippen LogP contribution in [0.3, 0.4) is 0 Å². The van der Waals surface area contributed by atoms with Gasteiger partial charge in [-0.3, -0.25) is 10.1 Å². The molecular formula is C23H22N4O2S. The largest absolute Gasteiger partial charge is 0.488 e. The number of rotatable bonds is 7. The molecule has 0 spiro atoms. The maximum atomic E-state index is 12.5. The first-order valence-electron chi connectivity index (χ1n) is 9.59. The third kappa shape index (κ3) is 4.75. The van der Waals surface area contributed by atoms with Crippen LogP contribution in [-0.4, -0.2) is 20.7 Å². The minimum Gasteiger partial charge on any atom is -0.488 e. The number of benzene rings is 2. The summed E-state index contributed by atoms with van der Waals surface area (Å²) in [4.78, 5) is 17.3. The van der Waals surface area contributed by atoms with Crippen molar-refractivity contribution in [1.29, 1.82) is 0 Å². The highest BCUT2D eigenvalue weighted by Gasteiger charge is 2.13. The fraction of sp³-hybridized carbons (Fsp3) is 0.174. The summed E-state index contributed by atoms with van der Waals surface area (Å²) in [6.45, 7) is 5.07. The van der Waals surface area contributed by atoms with E-state index < -0.39 is 0 Å². The Hall–Kier alpha value is -3.45. The second-order valence-electron chi connectivity index (χ2n) is 7.03. The molecule has 0 fully saturated rings. The second-order valence-corrected chi connectivity index (χ2v) is 7.95. The lowest BCUT2D eigenvalue weighted by Crippen LogP contribution is -2.12. The summed E-state index contributed by atoms with van der Waals surface area (Å²) in [6, 6.07) is 17.9. The van der Waals surface area contributed by atoms with Crippen molar-refractivity contribution < 1.29 is 9.53 Å². The van der Waals surface area contributed by atoms with Crippen molar-refractivity contribution in [3.05, 3.63) is 93.4 Å². The number of hydrogen-bond acceptors (Lipinski definition) is 5. The Morgan fingerprint density at radius 3 is 2.60 bits per heavy atom. The molecule has 0 saturated carbocycles. The zero-order valence-corrected chi connectivity index (χ0v) is 17.6. The molecule has 4 rings (SSSR count). The van der Waals surface area contributed by atoms with Crippen molar-refractivity contribution in [2.75, 3.05) is 5.32 Å². The Morgan fingerprint density at radius 2 is 1.83 bits per heavy atom. The van der Waals surface area contributed by atoms with Gasteiger partial charge in [-0.2, -0.15) is 0 Å². The van der Waals surface area contributed by atoms with Crippen LogP contribution in [0.25, 0.3) is 0 Å². The van der Waals surface area contributed by atoms with Gasteiger partial charge in [-0.1, -0.05) is 48.5 Å². The molecule has 2 aromatic carbocycles. The van der Waals surface area contributed by atoms with Crippen LogP contribution in [-0.2, 0) is 13.2 Å². The molecule has 2 heterocycles. The van der Waals surface area contributed by atoms with Crippen molar-refractivity contribution in [2.24, 2.45) is 0 Å². The normalized spacial score (nSPS) is 10.7. The second kappa shape index (κ2) is 8.92. The van der Waals surface area contributed by atoms with E-state index in [9.17, 15) is 4.79 Å². The third-order valence-electron chi connectivity index (χ3n) is 4.62. The van der Waals surface area contributed by atoms with Gasteiger partial charge in [-0.15, -0.1) is 16.4 Å². The SMILES string of the molecule is Cc1cccc(C)c1OCc1csc(C(=O)Nc2ncn(Cc3ccccc3)n2)c1. The van der Waals surface area contributed by atoms with E-state index in [0.29, 0.717) is 18.0 Å². The predicted molar refractivity (Wildman–Crippen MR) is 118 cm³/mol. The van der Waals surface area contributed by atoms with E-state index in [1.165, 1.54) is 11.3 Å². The molecule has 6 nitrogen and oxygen atoms in total.